The van der Waals surface area contributed by atoms with Crippen LogP contribution in [0.1, 0.15) is 0 Å². The Labute approximate surface area is 297 Å². The van der Waals surface area contributed by atoms with Gasteiger partial charge in [0, 0.05) is 0 Å². The number of phosphoric ester groups is 2. The second kappa shape index (κ2) is 18.4. The first-order valence-corrected chi connectivity index (χ1v) is 18.5. The topological polar surface area (TPSA) is 441 Å². The number of aliphatic hydroxyl groups excluding tert-OH is 16. The van der Waals surface area contributed by atoms with Crippen LogP contribution < -0.4 is 0 Å². The largest absolute Gasteiger partial charge is 0.488 e. The lowest BCUT2D eigenvalue weighted by molar-refractivity contribution is -0.300. The highest BCUT2D eigenvalue weighted by Gasteiger charge is 2.57. The maximum atomic E-state index is 14.5. The fourth-order valence-electron chi connectivity index (χ4n) is 5.38. The Balaban J connectivity index is 1.78. The molecule has 4 aliphatic rings. The first-order valence-electron chi connectivity index (χ1n) is 15.6. The van der Waals surface area contributed by atoms with Crippen LogP contribution in [0.5, 0.6) is 0 Å². The van der Waals surface area contributed by atoms with Crippen LogP contribution in [-0.2, 0) is 50.5 Å². The zero-order valence-corrected chi connectivity index (χ0v) is 28.7. The summed E-state index contributed by atoms with van der Waals surface area (Å²) in [5.74, 6) is 0. The first kappa shape index (κ1) is 45.2. The third kappa shape index (κ3) is 9.78. The molecule has 0 radical (unpaired) electrons. The molecule has 53 heavy (non-hydrogen) atoms. The maximum absolute atomic E-state index is 14.5. The van der Waals surface area contributed by atoms with Crippen LogP contribution in [0.2, 0.25) is 0 Å². The second-order valence-electron chi connectivity index (χ2n) is 12.2. The molecular weight excluding hydrogens is 782 g/mol. The molecule has 0 saturated carbocycles. The van der Waals surface area contributed by atoms with Crippen molar-refractivity contribution in [2.45, 2.75) is 123 Å². The number of phosphoric acid groups is 2. The van der Waals surface area contributed by atoms with Crippen LogP contribution in [0.3, 0.4) is 0 Å². The molecule has 4 saturated heterocycles. The quantitative estimate of drug-likeness (QED) is 0.0723. The highest BCUT2D eigenvalue weighted by molar-refractivity contribution is 7.62. The van der Waals surface area contributed by atoms with E-state index in [1.165, 1.54) is 0 Å². The summed E-state index contributed by atoms with van der Waals surface area (Å²) < 4.78 is 74.7. The standard InChI is InChI=1S/C24H44O27P2/c25-1-5-9(29)13(33)17(37)21(43-5)47-52(41,48-22-18(38)14(34)10(30)6(2-26)44-22)51-53(42,49-23-19(39)15(35)11(31)7(3-27)45-23)50-24-20(40)16(36)12(32)8(4-28)46-24/h5-40H,1-4H2/t5-,6-,7-,8-,9+,10+,11+,12+,13+,14+,15+,16+,17-,18-,19-,20-,21?,22?,23?,24?,52?,53?/m1/s1. The second-order valence-corrected chi connectivity index (χ2v) is 15.5. The van der Waals surface area contributed by atoms with Gasteiger partial charge in [-0.1, -0.05) is 0 Å². The summed E-state index contributed by atoms with van der Waals surface area (Å²) in [5.41, 5.74) is 0. The van der Waals surface area contributed by atoms with Gasteiger partial charge in [-0.3, -0.25) is 18.1 Å². The highest BCUT2D eigenvalue weighted by atomic mass is 31.3. The van der Waals surface area contributed by atoms with Crippen LogP contribution >= 0.6 is 15.6 Å². The summed E-state index contributed by atoms with van der Waals surface area (Å²) in [7, 11) is -12.4. The predicted octanol–water partition coefficient (Wildman–Crippen LogP) is -9.51. The van der Waals surface area contributed by atoms with E-state index in [0.717, 1.165) is 0 Å². The Kier molecular flexibility index (Phi) is 15.7. The van der Waals surface area contributed by atoms with Crippen LogP contribution in [-0.4, -0.2) is 231 Å². The Morgan fingerprint density at radius 3 is 0.698 bits per heavy atom. The summed E-state index contributed by atoms with van der Waals surface area (Å²) in [4.78, 5) is 0. The summed E-state index contributed by atoms with van der Waals surface area (Å²) in [6, 6.07) is 0. The average molecular weight is 827 g/mol. The van der Waals surface area contributed by atoms with Gasteiger partial charge in [0.2, 0.25) is 0 Å². The number of hydrogen-bond acceptors (Lipinski definition) is 27. The van der Waals surface area contributed by atoms with Gasteiger partial charge >= 0.3 is 15.6 Å². The molecule has 4 aliphatic heterocycles. The van der Waals surface area contributed by atoms with Gasteiger partial charge < -0.3 is 101 Å². The minimum atomic E-state index is -6.22. The van der Waals surface area contributed by atoms with Gasteiger partial charge in [-0.15, -0.1) is 0 Å². The van der Waals surface area contributed by atoms with Gasteiger partial charge in [0.05, 0.1) is 26.4 Å². The first-order chi connectivity index (χ1) is 24.7. The van der Waals surface area contributed by atoms with E-state index in [0.29, 0.717) is 0 Å². The SMILES string of the molecule is O=P(OC1O[C@H](CO)[C@H](O)[C@H](O)[C@H]1O)(OC1O[C@H](CO)[C@H](O)[C@H](O)[C@H]1O)OP(=O)(OC1O[C@H](CO)[C@H](O)[C@H](O)[C@H]1O)OC1O[C@H](CO)[C@H](O)[C@H](O)[C@H]1O. The van der Waals surface area contributed by atoms with Gasteiger partial charge in [0.1, 0.15) is 97.7 Å². The van der Waals surface area contributed by atoms with Crippen molar-refractivity contribution in [2.24, 2.45) is 0 Å². The predicted molar refractivity (Wildman–Crippen MR) is 156 cm³/mol. The van der Waals surface area contributed by atoms with Crippen molar-refractivity contribution >= 4 is 15.6 Å². The summed E-state index contributed by atoms with van der Waals surface area (Å²) in [6.45, 7) is -4.38. The van der Waals surface area contributed by atoms with Crippen molar-refractivity contribution in [3.8, 4) is 0 Å². The molecule has 312 valence electrons. The Hall–Kier alpha value is -0.540. The molecule has 0 aromatic heterocycles. The zero-order valence-electron chi connectivity index (χ0n) is 26.9. The van der Waals surface area contributed by atoms with E-state index in [4.69, 9.17) is 41.4 Å². The number of aliphatic hydroxyl groups is 16. The summed E-state index contributed by atoms with van der Waals surface area (Å²) in [6.07, 6.45) is -44.3. The molecule has 0 amide bonds. The van der Waals surface area contributed by atoms with E-state index in [1.807, 2.05) is 0 Å². The number of hydrogen-bond donors (Lipinski definition) is 16. The maximum Gasteiger partial charge on any atom is 0.488 e. The van der Waals surface area contributed by atoms with E-state index >= 15 is 0 Å². The molecule has 4 heterocycles. The van der Waals surface area contributed by atoms with Crippen molar-refractivity contribution in [1.82, 2.24) is 0 Å². The van der Waals surface area contributed by atoms with E-state index in [9.17, 15) is 90.8 Å². The van der Waals surface area contributed by atoms with Gasteiger partial charge in [0.15, 0.2) is 25.2 Å². The third-order valence-corrected chi connectivity index (χ3v) is 12.0. The molecule has 20 atom stereocenters. The molecule has 4 fully saturated rings. The van der Waals surface area contributed by atoms with Crippen molar-refractivity contribution in [3.63, 3.8) is 0 Å². The van der Waals surface area contributed by atoms with Crippen LogP contribution in [0.15, 0.2) is 0 Å². The smallest absolute Gasteiger partial charge is 0.394 e. The van der Waals surface area contributed by atoms with Gasteiger partial charge in [0.25, 0.3) is 0 Å². The Morgan fingerprint density at radius 2 is 0.528 bits per heavy atom. The highest BCUT2D eigenvalue weighted by Crippen LogP contribution is 2.69. The van der Waals surface area contributed by atoms with Crippen LogP contribution in [0.25, 0.3) is 0 Å². The molecule has 16 N–H and O–H groups in total. The fourth-order valence-corrected chi connectivity index (χ4v) is 8.79. The molecule has 0 spiro atoms. The third-order valence-electron chi connectivity index (χ3n) is 8.53. The lowest BCUT2D eigenvalue weighted by atomic mass is 9.99. The van der Waals surface area contributed by atoms with Crippen molar-refractivity contribution in [1.29, 1.82) is 0 Å². The minimum Gasteiger partial charge on any atom is -0.394 e. The van der Waals surface area contributed by atoms with E-state index in [-0.39, 0.29) is 0 Å². The lowest BCUT2D eigenvalue weighted by Gasteiger charge is -2.44. The van der Waals surface area contributed by atoms with Crippen LogP contribution in [0.4, 0.5) is 0 Å². The van der Waals surface area contributed by atoms with E-state index in [2.05, 4.69) is 0 Å². The number of ether oxygens (including phenoxy) is 4. The normalized spacial score (nSPS) is 49.2. The molecule has 4 unspecified atom stereocenters. The molecule has 27 nitrogen and oxygen atoms in total. The monoisotopic (exact) mass is 826 g/mol. The van der Waals surface area contributed by atoms with Crippen molar-refractivity contribution < 1.29 is 132 Å². The Bertz CT molecular complexity index is 1080. The summed E-state index contributed by atoms with van der Waals surface area (Å²) in [5, 5.41) is 162. The van der Waals surface area contributed by atoms with Gasteiger partial charge in [-0.05, 0) is 0 Å². The Morgan fingerprint density at radius 1 is 0.340 bits per heavy atom. The van der Waals surface area contributed by atoms with Gasteiger partial charge in [-0.25, -0.2) is 9.13 Å². The molecule has 0 aromatic rings. The molecule has 0 aliphatic carbocycles. The van der Waals surface area contributed by atoms with Crippen LogP contribution in [0, 0.1) is 0 Å². The van der Waals surface area contributed by atoms with Crippen molar-refractivity contribution in [2.75, 3.05) is 26.4 Å². The molecule has 29 heteroatoms. The minimum absolute atomic E-state index is 1.09. The molecule has 0 bridgehead atoms. The molecule has 4 rings (SSSR count). The summed E-state index contributed by atoms with van der Waals surface area (Å²) >= 11 is 0. The number of rotatable bonds is 14. The van der Waals surface area contributed by atoms with Gasteiger partial charge in [-0.2, -0.15) is 4.31 Å². The van der Waals surface area contributed by atoms with E-state index in [1.54, 1.807) is 0 Å². The lowest BCUT2D eigenvalue weighted by Crippen LogP contribution is -2.60. The fraction of sp³-hybridized carbons (Fsp3) is 1.00. The molecule has 0 aromatic carbocycles. The average Bonchev–Trinajstić information content (AvgIpc) is 3.12. The molecular formula is C24H44O27P2. The van der Waals surface area contributed by atoms with E-state index < -0.39 is 165 Å². The van der Waals surface area contributed by atoms with Crippen molar-refractivity contribution in [3.05, 3.63) is 0 Å². The zero-order chi connectivity index (χ0) is 39.7.